The number of rotatable bonds is 6. The van der Waals surface area contributed by atoms with Crippen molar-refractivity contribution < 1.29 is 0 Å². The molecule has 2 heteroatoms. The predicted octanol–water partition coefficient (Wildman–Crippen LogP) is 11.1. The van der Waals surface area contributed by atoms with Gasteiger partial charge in [0.05, 0.1) is 0 Å². The lowest BCUT2D eigenvalue weighted by atomic mass is 9.67. The zero-order chi connectivity index (χ0) is 31.3. The van der Waals surface area contributed by atoms with Crippen LogP contribution in [0.15, 0.2) is 82.5 Å². The van der Waals surface area contributed by atoms with Gasteiger partial charge >= 0.3 is 0 Å². The van der Waals surface area contributed by atoms with Crippen molar-refractivity contribution >= 4 is 0 Å². The summed E-state index contributed by atoms with van der Waals surface area (Å²) >= 11 is 0. The van der Waals surface area contributed by atoms with Crippen LogP contribution in [-0.4, -0.2) is 35.7 Å². The molecule has 9 rings (SSSR count). The fraction of sp³-hybridized carbons (Fsp3) is 0.689. The van der Waals surface area contributed by atoms with Crippen molar-refractivity contribution in [3.05, 3.63) is 82.5 Å². The van der Waals surface area contributed by atoms with E-state index >= 15 is 0 Å². The molecule has 1 saturated heterocycles. The lowest BCUT2D eigenvalue weighted by Crippen LogP contribution is -2.49. The summed E-state index contributed by atoms with van der Waals surface area (Å²) in [6.45, 7) is 1.30. The molecule has 0 bridgehead atoms. The number of allylic oxidation sites excluding steroid dienone is 14. The van der Waals surface area contributed by atoms with Crippen molar-refractivity contribution in [2.75, 3.05) is 13.6 Å². The summed E-state index contributed by atoms with van der Waals surface area (Å²) in [5.74, 6) is 6.47. The smallest absolute Gasteiger partial charge is 0.0293 e. The van der Waals surface area contributed by atoms with Gasteiger partial charge < -0.3 is 0 Å². The highest BCUT2D eigenvalue weighted by molar-refractivity contribution is 5.52. The Morgan fingerprint density at radius 1 is 0.723 bits per heavy atom. The van der Waals surface area contributed by atoms with E-state index in [0.717, 1.165) is 41.4 Å². The molecule has 1 heterocycles. The second-order valence-corrected chi connectivity index (χ2v) is 17.4. The number of hydrogen-bond acceptors (Lipinski definition) is 2. The Bertz CT molecular complexity index is 1390. The summed E-state index contributed by atoms with van der Waals surface area (Å²) in [7, 11) is 2.53. The fourth-order valence-corrected chi connectivity index (χ4v) is 12.8. The summed E-state index contributed by atoms with van der Waals surface area (Å²) in [5, 5.41) is 5.91. The Balaban J connectivity index is 1.02. The van der Waals surface area contributed by atoms with E-state index in [1.54, 1.807) is 16.7 Å². The standard InChI is InChI=1S/C45H62N2/c1-46-43(33-18-9-4-10-19-33)29-44(37-27-35(31-14-5-2-6-15-31)26-36(28-37)32-16-7-3-8-17-32)47(46)30-34-24-25-42-40-21-12-11-20-39(40)41-23-13-22-38(34)45(41)42/h4-5,9,11,14-15,20,23,26,32-34,36-40,43-44H,2-3,6-8,10,12-13,16-19,21-22,24-25,27-30H2,1H3. The monoisotopic (exact) mass is 630 g/mol. The van der Waals surface area contributed by atoms with E-state index in [-0.39, 0.29) is 0 Å². The molecule has 8 aliphatic carbocycles. The molecule has 9 aliphatic rings. The maximum Gasteiger partial charge on any atom is 0.0293 e. The summed E-state index contributed by atoms with van der Waals surface area (Å²) in [6.07, 6.45) is 49.2. The SMILES string of the molecule is CN1C(C2CC=CCC2)CC(C2CC(C3=CCCC=C3)=CC(C3CCCCC3)C2)N1CC1CCC2=C3C(=CCCC31)C1C=CCCC21. The van der Waals surface area contributed by atoms with Crippen LogP contribution in [-0.2, 0) is 0 Å². The molecule has 0 aromatic heterocycles. The molecule has 2 nitrogen and oxygen atoms in total. The molecule has 0 amide bonds. The van der Waals surface area contributed by atoms with E-state index in [1.807, 2.05) is 11.1 Å². The molecule has 0 aromatic rings. The highest BCUT2D eigenvalue weighted by atomic mass is 15.7. The van der Waals surface area contributed by atoms with Gasteiger partial charge in [-0.25, -0.2) is 10.0 Å². The van der Waals surface area contributed by atoms with Gasteiger partial charge in [0.15, 0.2) is 0 Å². The third-order valence-electron chi connectivity index (χ3n) is 15.1. The van der Waals surface area contributed by atoms with Crippen LogP contribution in [0.3, 0.4) is 0 Å². The predicted molar refractivity (Wildman–Crippen MR) is 196 cm³/mol. The van der Waals surface area contributed by atoms with Gasteiger partial charge in [-0.3, -0.25) is 0 Å². The van der Waals surface area contributed by atoms with Gasteiger partial charge in [-0.2, -0.15) is 0 Å². The maximum atomic E-state index is 3.05. The molecule has 47 heavy (non-hydrogen) atoms. The van der Waals surface area contributed by atoms with Gasteiger partial charge in [0.2, 0.25) is 0 Å². The van der Waals surface area contributed by atoms with Crippen LogP contribution in [0.5, 0.6) is 0 Å². The third kappa shape index (κ3) is 5.80. The number of nitrogens with zero attached hydrogens (tertiary/aromatic N) is 2. The second kappa shape index (κ2) is 13.4. The minimum atomic E-state index is 0.696. The Hall–Kier alpha value is -1.90. The van der Waals surface area contributed by atoms with Gasteiger partial charge in [0.1, 0.15) is 0 Å². The first-order chi connectivity index (χ1) is 23.2. The fourth-order valence-electron chi connectivity index (χ4n) is 12.8. The maximum absolute atomic E-state index is 3.05. The Kier molecular flexibility index (Phi) is 8.89. The molecule has 9 atom stereocenters. The normalized spacial score (nSPS) is 41.0. The summed E-state index contributed by atoms with van der Waals surface area (Å²) in [5.41, 5.74) is 8.88. The second-order valence-electron chi connectivity index (χ2n) is 17.4. The molecule has 1 aliphatic heterocycles. The average Bonchev–Trinajstić information content (AvgIpc) is 3.65. The van der Waals surface area contributed by atoms with E-state index < -0.39 is 0 Å². The number of hydrazine groups is 1. The summed E-state index contributed by atoms with van der Waals surface area (Å²) in [6, 6.07) is 1.41. The quantitative estimate of drug-likeness (QED) is 0.269. The van der Waals surface area contributed by atoms with E-state index in [9.17, 15) is 0 Å². The van der Waals surface area contributed by atoms with Crippen LogP contribution >= 0.6 is 0 Å². The molecule has 0 spiro atoms. The van der Waals surface area contributed by atoms with Crippen LogP contribution in [0.1, 0.15) is 122 Å². The van der Waals surface area contributed by atoms with Gasteiger partial charge in [0, 0.05) is 31.6 Å². The molecule has 0 aromatic carbocycles. The average molecular weight is 631 g/mol. The summed E-state index contributed by atoms with van der Waals surface area (Å²) < 4.78 is 0. The van der Waals surface area contributed by atoms with Crippen molar-refractivity contribution in [3.8, 4) is 0 Å². The minimum Gasteiger partial charge on any atom is -0.241 e. The van der Waals surface area contributed by atoms with Crippen molar-refractivity contribution in [1.29, 1.82) is 0 Å². The van der Waals surface area contributed by atoms with Crippen LogP contribution in [0.2, 0.25) is 0 Å². The van der Waals surface area contributed by atoms with Gasteiger partial charge in [-0.1, -0.05) is 79.5 Å². The van der Waals surface area contributed by atoms with Crippen molar-refractivity contribution in [3.63, 3.8) is 0 Å². The summed E-state index contributed by atoms with van der Waals surface area (Å²) in [4.78, 5) is 0. The largest absolute Gasteiger partial charge is 0.241 e. The third-order valence-corrected chi connectivity index (χ3v) is 15.1. The molecule has 2 fully saturated rings. The van der Waals surface area contributed by atoms with Crippen molar-refractivity contribution in [1.82, 2.24) is 10.0 Å². The first-order valence-corrected chi connectivity index (χ1v) is 20.5. The molecule has 9 unspecified atom stereocenters. The van der Waals surface area contributed by atoms with Crippen LogP contribution in [0, 0.1) is 47.3 Å². The van der Waals surface area contributed by atoms with Crippen molar-refractivity contribution in [2.24, 2.45) is 47.3 Å². The molecule has 252 valence electrons. The highest BCUT2D eigenvalue weighted by Crippen LogP contribution is 2.58. The van der Waals surface area contributed by atoms with E-state index in [4.69, 9.17) is 0 Å². The van der Waals surface area contributed by atoms with Crippen LogP contribution in [0.25, 0.3) is 0 Å². The Morgan fingerprint density at radius 2 is 1.62 bits per heavy atom. The molecule has 0 N–H and O–H groups in total. The van der Waals surface area contributed by atoms with Crippen molar-refractivity contribution in [2.45, 2.75) is 134 Å². The highest BCUT2D eigenvalue weighted by Gasteiger charge is 2.50. The molecule has 0 radical (unpaired) electrons. The van der Waals surface area contributed by atoms with Gasteiger partial charge in [0.25, 0.3) is 0 Å². The van der Waals surface area contributed by atoms with E-state index in [2.05, 4.69) is 71.7 Å². The first-order valence-electron chi connectivity index (χ1n) is 20.5. The van der Waals surface area contributed by atoms with Gasteiger partial charge in [-0.05, 0) is 166 Å². The van der Waals surface area contributed by atoms with Crippen LogP contribution < -0.4 is 0 Å². The zero-order valence-corrected chi connectivity index (χ0v) is 29.5. The first kappa shape index (κ1) is 31.1. The Labute approximate surface area is 286 Å². The molecular formula is C45H62N2. The van der Waals surface area contributed by atoms with Gasteiger partial charge in [-0.15, -0.1) is 0 Å². The lowest BCUT2D eigenvalue weighted by molar-refractivity contribution is -0.0506. The number of hydrogen-bond donors (Lipinski definition) is 0. The number of fused-ring (bicyclic) bond motifs is 3. The zero-order valence-electron chi connectivity index (χ0n) is 29.5. The molecular weight excluding hydrogens is 569 g/mol. The minimum absolute atomic E-state index is 0.696. The topological polar surface area (TPSA) is 6.48 Å². The Morgan fingerprint density at radius 3 is 2.47 bits per heavy atom. The van der Waals surface area contributed by atoms with E-state index in [1.165, 1.54) is 129 Å². The van der Waals surface area contributed by atoms with E-state index in [0.29, 0.717) is 18.0 Å². The lowest BCUT2D eigenvalue weighted by Gasteiger charge is -2.45. The van der Waals surface area contributed by atoms with Crippen LogP contribution in [0.4, 0.5) is 0 Å². The molecule has 1 saturated carbocycles.